The zero-order valence-corrected chi connectivity index (χ0v) is 7.65. The van der Waals surface area contributed by atoms with Gasteiger partial charge in [0.05, 0.1) is 0 Å². The second-order valence-corrected chi connectivity index (χ2v) is 3.59. The van der Waals surface area contributed by atoms with Gasteiger partial charge in [0.25, 0.3) is 0 Å². The van der Waals surface area contributed by atoms with Crippen molar-refractivity contribution in [3.05, 3.63) is 36.6 Å². The Morgan fingerprint density at radius 1 is 1.36 bits per heavy atom. The molecule has 0 amide bonds. The first-order valence-electron chi connectivity index (χ1n) is 3.67. The molecule has 0 aliphatic rings. The van der Waals surface area contributed by atoms with Gasteiger partial charge >= 0.3 is 0 Å². The van der Waals surface area contributed by atoms with Gasteiger partial charge in [0, 0.05) is 5.70 Å². The van der Waals surface area contributed by atoms with Crippen LogP contribution in [-0.4, -0.2) is 0 Å². The van der Waals surface area contributed by atoms with Gasteiger partial charge in [0.15, 0.2) is 0 Å². The van der Waals surface area contributed by atoms with Crippen molar-refractivity contribution in [1.82, 2.24) is 0 Å². The van der Waals surface area contributed by atoms with Gasteiger partial charge < -0.3 is 5.73 Å². The van der Waals surface area contributed by atoms with Gasteiger partial charge in [-0.25, -0.2) is 0 Å². The third kappa shape index (κ3) is 3.08. The van der Waals surface area contributed by atoms with Crippen molar-refractivity contribution in [3.63, 3.8) is 0 Å². The highest BCUT2D eigenvalue weighted by atomic mass is 14.6. The average molecular weight is 151 g/mol. The van der Waals surface area contributed by atoms with Gasteiger partial charge in [-0.1, -0.05) is 40.0 Å². The largest absolute Gasteiger partial charge is 0.399 e. The summed E-state index contributed by atoms with van der Waals surface area (Å²) >= 11 is 0. The van der Waals surface area contributed by atoms with E-state index in [2.05, 4.69) is 33.9 Å². The second kappa shape index (κ2) is 3.42. The van der Waals surface area contributed by atoms with Gasteiger partial charge in [-0.15, -0.1) is 0 Å². The third-order valence-corrected chi connectivity index (χ3v) is 1.55. The molecule has 1 nitrogen and oxygen atoms in total. The molecule has 11 heavy (non-hydrogen) atoms. The van der Waals surface area contributed by atoms with Crippen LogP contribution in [0.4, 0.5) is 0 Å². The van der Waals surface area contributed by atoms with Crippen LogP contribution in [0.2, 0.25) is 0 Å². The molecule has 0 rings (SSSR count). The molecule has 0 unspecified atom stereocenters. The highest BCUT2D eigenvalue weighted by Gasteiger charge is 2.15. The van der Waals surface area contributed by atoms with Gasteiger partial charge in [-0.05, 0) is 17.1 Å². The Bertz CT molecular complexity index is 191. The van der Waals surface area contributed by atoms with Crippen molar-refractivity contribution >= 4 is 0 Å². The van der Waals surface area contributed by atoms with E-state index in [1.165, 1.54) is 0 Å². The fraction of sp³-hybridized carbons (Fsp3) is 0.400. The quantitative estimate of drug-likeness (QED) is 0.603. The predicted molar refractivity (Wildman–Crippen MR) is 51.1 cm³/mol. The molecular weight excluding hydrogens is 134 g/mol. The van der Waals surface area contributed by atoms with Crippen molar-refractivity contribution in [2.24, 2.45) is 11.1 Å². The third-order valence-electron chi connectivity index (χ3n) is 1.55. The van der Waals surface area contributed by atoms with E-state index in [0.29, 0.717) is 5.70 Å². The van der Waals surface area contributed by atoms with E-state index >= 15 is 0 Å². The first-order chi connectivity index (χ1) is 4.89. The molecule has 0 fully saturated rings. The zero-order chi connectivity index (χ0) is 9.07. The molecule has 0 atom stereocenters. The molecule has 0 radical (unpaired) electrons. The van der Waals surface area contributed by atoms with Crippen LogP contribution in [-0.2, 0) is 0 Å². The van der Waals surface area contributed by atoms with E-state index < -0.39 is 0 Å². The molecule has 0 aromatic heterocycles. The minimum Gasteiger partial charge on any atom is -0.399 e. The van der Waals surface area contributed by atoms with E-state index in [4.69, 9.17) is 5.73 Å². The van der Waals surface area contributed by atoms with Crippen LogP contribution in [0.3, 0.4) is 0 Å². The summed E-state index contributed by atoms with van der Waals surface area (Å²) in [5.41, 5.74) is 7.42. The monoisotopic (exact) mass is 151 g/mol. The standard InChI is InChI=1S/C10H17N/c1-6-7-9(11)8(2)10(3,4)5/h6-7H,1-2,11H2,3-5H3/b9-7+. The minimum absolute atomic E-state index is 0.0452. The van der Waals surface area contributed by atoms with E-state index in [1.807, 2.05) is 0 Å². The maximum atomic E-state index is 5.70. The molecule has 1 heteroatoms. The molecule has 0 aromatic carbocycles. The van der Waals surface area contributed by atoms with E-state index in [9.17, 15) is 0 Å². The summed E-state index contributed by atoms with van der Waals surface area (Å²) in [5, 5.41) is 0. The second-order valence-electron chi connectivity index (χ2n) is 3.59. The van der Waals surface area contributed by atoms with E-state index in [1.54, 1.807) is 12.2 Å². The first kappa shape index (κ1) is 10.0. The smallest absolute Gasteiger partial charge is 0.0345 e. The lowest BCUT2D eigenvalue weighted by Gasteiger charge is -2.21. The molecule has 0 spiro atoms. The number of hydrogen-bond acceptors (Lipinski definition) is 1. The van der Waals surface area contributed by atoms with Crippen molar-refractivity contribution < 1.29 is 0 Å². The Labute approximate surface area is 69.3 Å². The number of nitrogens with two attached hydrogens (primary N) is 1. The highest BCUT2D eigenvalue weighted by molar-refractivity contribution is 5.32. The maximum absolute atomic E-state index is 5.70. The van der Waals surface area contributed by atoms with Crippen LogP contribution in [0.1, 0.15) is 20.8 Å². The fourth-order valence-electron chi connectivity index (χ4n) is 0.661. The molecule has 0 saturated heterocycles. The molecular formula is C10H17N. The first-order valence-corrected chi connectivity index (χ1v) is 3.67. The van der Waals surface area contributed by atoms with E-state index in [-0.39, 0.29) is 5.41 Å². The van der Waals surface area contributed by atoms with Gasteiger partial charge in [-0.2, -0.15) is 0 Å². The predicted octanol–water partition coefficient (Wildman–Crippen LogP) is 2.62. The van der Waals surface area contributed by atoms with Gasteiger partial charge in [0.1, 0.15) is 0 Å². The number of rotatable bonds is 2. The summed E-state index contributed by atoms with van der Waals surface area (Å²) in [4.78, 5) is 0. The Kier molecular flexibility index (Phi) is 3.12. The maximum Gasteiger partial charge on any atom is 0.0345 e. The molecule has 0 bridgehead atoms. The zero-order valence-electron chi connectivity index (χ0n) is 7.65. The van der Waals surface area contributed by atoms with Crippen LogP contribution in [0.5, 0.6) is 0 Å². The molecule has 0 heterocycles. The lowest BCUT2D eigenvalue weighted by atomic mass is 9.86. The summed E-state index contributed by atoms with van der Waals surface area (Å²) in [6.45, 7) is 13.7. The topological polar surface area (TPSA) is 26.0 Å². The van der Waals surface area contributed by atoms with Crippen molar-refractivity contribution in [1.29, 1.82) is 0 Å². The Morgan fingerprint density at radius 3 is 2.09 bits per heavy atom. The Hall–Kier alpha value is -0.980. The molecule has 62 valence electrons. The average Bonchev–Trinajstić information content (AvgIpc) is 1.85. The molecule has 0 aromatic rings. The summed E-state index contributed by atoms with van der Waals surface area (Å²) in [6.07, 6.45) is 3.44. The lowest BCUT2D eigenvalue weighted by Crippen LogP contribution is -2.14. The Balaban J connectivity index is 4.51. The van der Waals surface area contributed by atoms with Crippen molar-refractivity contribution in [2.45, 2.75) is 20.8 Å². The Morgan fingerprint density at radius 2 is 1.82 bits per heavy atom. The molecule has 0 aliphatic carbocycles. The van der Waals surface area contributed by atoms with E-state index in [0.717, 1.165) is 5.57 Å². The molecule has 0 aliphatic heterocycles. The van der Waals surface area contributed by atoms with Crippen molar-refractivity contribution in [2.75, 3.05) is 0 Å². The lowest BCUT2D eigenvalue weighted by molar-refractivity contribution is 0.511. The number of hydrogen-bond donors (Lipinski definition) is 1. The normalized spacial score (nSPS) is 12.8. The van der Waals surface area contributed by atoms with Crippen LogP contribution in [0.15, 0.2) is 36.6 Å². The SMILES string of the molecule is C=C/C=C(/N)C(=C)C(C)(C)C. The van der Waals surface area contributed by atoms with Crippen LogP contribution in [0.25, 0.3) is 0 Å². The highest BCUT2D eigenvalue weighted by Crippen LogP contribution is 2.26. The van der Waals surface area contributed by atoms with Crippen molar-refractivity contribution in [3.8, 4) is 0 Å². The minimum atomic E-state index is 0.0452. The molecule has 2 N–H and O–H groups in total. The summed E-state index contributed by atoms with van der Waals surface area (Å²) < 4.78 is 0. The molecule has 0 saturated carbocycles. The summed E-state index contributed by atoms with van der Waals surface area (Å²) in [6, 6.07) is 0. The van der Waals surface area contributed by atoms with Crippen LogP contribution >= 0.6 is 0 Å². The summed E-state index contributed by atoms with van der Waals surface area (Å²) in [5.74, 6) is 0. The van der Waals surface area contributed by atoms with Crippen LogP contribution in [0, 0.1) is 5.41 Å². The van der Waals surface area contributed by atoms with Gasteiger partial charge in [-0.3, -0.25) is 0 Å². The van der Waals surface area contributed by atoms with Crippen LogP contribution < -0.4 is 5.73 Å². The number of allylic oxidation sites excluding steroid dienone is 3. The summed E-state index contributed by atoms with van der Waals surface area (Å²) in [7, 11) is 0. The fourth-order valence-corrected chi connectivity index (χ4v) is 0.661. The van der Waals surface area contributed by atoms with Gasteiger partial charge in [0.2, 0.25) is 0 Å².